The number of hydrogen-bond acceptors (Lipinski definition) is 3. The summed E-state index contributed by atoms with van der Waals surface area (Å²) in [5, 5.41) is 10.1. The van der Waals surface area contributed by atoms with Crippen molar-refractivity contribution in [3.63, 3.8) is 0 Å². The van der Waals surface area contributed by atoms with Gasteiger partial charge in [0.25, 0.3) is 0 Å². The van der Waals surface area contributed by atoms with Crippen LogP contribution in [0.4, 0.5) is 23.2 Å². The van der Waals surface area contributed by atoms with Crippen molar-refractivity contribution in [2.24, 2.45) is 0 Å². The van der Waals surface area contributed by atoms with Crippen LogP contribution in [0.3, 0.4) is 0 Å². The number of rotatable bonds is 1. The fourth-order valence-corrected chi connectivity index (χ4v) is 0.772. The first-order chi connectivity index (χ1) is 6.34. The van der Waals surface area contributed by atoms with Gasteiger partial charge in [-0.3, -0.25) is 10.1 Å². The summed E-state index contributed by atoms with van der Waals surface area (Å²) in [5.74, 6) is -1.97. The Balaban J connectivity index is 3.35. The van der Waals surface area contributed by atoms with E-state index >= 15 is 0 Å². The van der Waals surface area contributed by atoms with Gasteiger partial charge >= 0.3 is 11.9 Å². The zero-order chi connectivity index (χ0) is 10.9. The van der Waals surface area contributed by atoms with Crippen molar-refractivity contribution >= 4 is 5.69 Å². The lowest BCUT2D eigenvalue weighted by atomic mass is 10.3. The molecule has 0 aliphatic carbocycles. The highest BCUT2D eigenvalue weighted by molar-refractivity contribution is 5.33. The summed E-state index contributed by atoms with van der Waals surface area (Å²) in [7, 11) is 0. The molecule has 0 N–H and O–H groups in total. The molecule has 1 rings (SSSR count). The molecule has 0 radical (unpaired) electrons. The zero-order valence-electron chi connectivity index (χ0n) is 6.38. The molecule has 0 saturated heterocycles. The molecule has 1 aromatic heterocycles. The summed E-state index contributed by atoms with van der Waals surface area (Å²) in [6, 6.07) is 0.560. The maximum atomic E-state index is 12.8. The molecule has 0 fully saturated rings. The highest BCUT2D eigenvalue weighted by atomic mass is 19.4. The predicted molar refractivity (Wildman–Crippen MR) is 35.9 cm³/mol. The lowest BCUT2D eigenvalue weighted by Gasteiger charge is -2.05. The molecule has 0 aromatic carbocycles. The smallest absolute Gasteiger partial charge is 0.258 e. The highest BCUT2D eigenvalue weighted by Gasteiger charge is 2.39. The van der Waals surface area contributed by atoms with E-state index in [0.29, 0.717) is 12.3 Å². The SMILES string of the molecule is O=[N+]([O-])c1ccnc(C(F)(F)F)c1F. The van der Waals surface area contributed by atoms with Crippen LogP contribution in [-0.2, 0) is 6.18 Å². The van der Waals surface area contributed by atoms with Crippen LogP contribution in [0.2, 0.25) is 0 Å². The van der Waals surface area contributed by atoms with E-state index in [-0.39, 0.29) is 0 Å². The first kappa shape index (κ1) is 10.4. The third kappa shape index (κ3) is 1.78. The van der Waals surface area contributed by atoms with E-state index in [1.165, 1.54) is 0 Å². The van der Waals surface area contributed by atoms with Crippen LogP contribution in [0.1, 0.15) is 5.69 Å². The van der Waals surface area contributed by atoms with Crippen molar-refractivity contribution in [2.45, 2.75) is 6.18 Å². The molecule has 8 heteroatoms. The van der Waals surface area contributed by atoms with Gasteiger partial charge in [0.15, 0.2) is 5.69 Å². The Bertz CT molecular complexity index is 377. The largest absolute Gasteiger partial charge is 0.436 e. The summed E-state index contributed by atoms with van der Waals surface area (Å²) >= 11 is 0. The Morgan fingerprint density at radius 1 is 1.43 bits per heavy atom. The van der Waals surface area contributed by atoms with Crippen LogP contribution >= 0.6 is 0 Å². The average molecular weight is 210 g/mol. The van der Waals surface area contributed by atoms with Crippen molar-refractivity contribution in [1.82, 2.24) is 4.98 Å². The Kier molecular flexibility index (Phi) is 2.37. The van der Waals surface area contributed by atoms with Crippen molar-refractivity contribution in [2.75, 3.05) is 0 Å². The maximum Gasteiger partial charge on any atom is 0.436 e. The van der Waals surface area contributed by atoms with Gasteiger partial charge in [0.2, 0.25) is 5.82 Å². The van der Waals surface area contributed by atoms with Gasteiger partial charge in [0.1, 0.15) is 0 Å². The van der Waals surface area contributed by atoms with Crippen molar-refractivity contribution < 1.29 is 22.5 Å². The summed E-state index contributed by atoms with van der Waals surface area (Å²) < 4.78 is 48.7. The predicted octanol–water partition coefficient (Wildman–Crippen LogP) is 2.15. The van der Waals surface area contributed by atoms with Gasteiger partial charge in [-0.15, -0.1) is 0 Å². The van der Waals surface area contributed by atoms with Gasteiger partial charge in [-0.25, -0.2) is 4.98 Å². The summed E-state index contributed by atoms with van der Waals surface area (Å²) in [4.78, 5) is 11.5. The second kappa shape index (κ2) is 3.20. The van der Waals surface area contributed by atoms with E-state index in [4.69, 9.17) is 0 Å². The van der Waals surface area contributed by atoms with Crippen LogP contribution in [0.5, 0.6) is 0 Å². The summed E-state index contributed by atoms with van der Waals surface area (Å²) in [6.07, 6.45) is -4.50. The van der Waals surface area contributed by atoms with Crippen molar-refractivity contribution in [3.05, 3.63) is 33.9 Å². The third-order valence-electron chi connectivity index (χ3n) is 1.33. The number of pyridine rings is 1. The van der Waals surface area contributed by atoms with Gasteiger partial charge < -0.3 is 0 Å². The molecular weight excluding hydrogens is 208 g/mol. The monoisotopic (exact) mass is 210 g/mol. The molecule has 0 aliphatic rings. The fourth-order valence-electron chi connectivity index (χ4n) is 0.772. The molecule has 0 atom stereocenters. The number of nitrogens with zero attached hydrogens (tertiary/aromatic N) is 2. The van der Waals surface area contributed by atoms with Crippen molar-refractivity contribution in [1.29, 1.82) is 0 Å². The molecule has 76 valence electrons. The number of halogens is 4. The van der Waals surface area contributed by atoms with E-state index < -0.39 is 28.3 Å². The van der Waals surface area contributed by atoms with Gasteiger partial charge in [0, 0.05) is 12.3 Å². The lowest BCUT2D eigenvalue weighted by Crippen LogP contribution is -2.12. The Labute approximate surface area is 74.3 Å². The number of aromatic nitrogens is 1. The van der Waals surface area contributed by atoms with Crippen LogP contribution in [0.15, 0.2) is 12.3 Å². The van der Waals surface area contributed by atoms with Gasteiger partial charge in [-0.05, 0) is 0 Å². The molecule has 0 spiro atoms. The van der Waals surface area contributed by atoms with Gasteiger partial charge in [0.05, 0.1) is 4.92 Å². The quantitative estimate of drug-likeness (QED) is 0.405. The second-order valence-electron chi connectivity index (χ2n) is 2.25. The fraction of sp³-hybridized carbons (Fsp3) is 0.167. The van der Waals surface area contributed by atoms with E-state index in [2.05, 4.69) is 4.98 Å². The van der Waals surface area contributed by atoms with Crippen LogP contribution < -0.4 is 0 Å². The summed E-state index contributed by atoms with van der Waals surface area (Å²) in [5.41, 5.74) is -3.13. The molecule has 0 aliphatic heterocycles. The first-order valence-corrected chi connectivity index (χ1v) is 3.20. The lowest BCUT2D eigenvalue weighted by molar-refractivity contribution is -0.388. The standard InChI is InChI=1S/C6H2F4N2O2/c7-4-3(12(13)14)1-2-11-5(4)6(8,9)10/h1-2H. The highest BCUT2D eigenvalue weighted by Crippen LogP contribution is 2.32. The van der Waals surface area contributed by atoms with E-state index in [1.54, 1.807) is 0 Å². The maximum absolute atomic E-state index is 12.8. The van der Waals surface area contributed by atoms with E-state index in [0.717, 1.165) is 0 Å². The number of nitro groups is 1. The van der Waals surface area contributed by atoms with Gasteiger partial charge in [-0.1, -0.05) is 0 Å². The first-order valence-electron chi connectivity index (χ1n) is 3.20. The van der Waals surface area contributed by atoms with Crippen LogP contribution in [0, 0.1) is 15.9 Å². The molecular formula is C6H2F4N2O2. The second-order valence-corrected chi connectivity index (χ2v) is 2.25. The van der Waals surface area contributed by atoms with Gasteiger partial charge in [-0.2, -0.15) is 17.6 Å². The molecule has 1 aromatic rings. The van der Waals surface area contributed by atoms with E-state index in [9.17, 15) is 27.7 Å². The van der Waals surface area contributed by atoms with E-state index in [1.807, 2.05) is 0 Å². The molecule has 0 bridgehead atoms. The van der Waals surface area contributed by atoms with Crippen LogP contribution in [0.25, 0.3) is 0 Å². The number of alkyl halides is 3. The van der Waals surface area contributed by atoms with Crippen molar-refractivity contribution in [3.8, 4) is 0 Å². The molecule has 4 nitrogen and oxygen atoms in total. The average Bonchev–Trinajstić information content (AvgIpc) is 2.01. The molecule has 1 heterocycles. The third-order valence-corrected chi connectivity index (χ3v) is 1.33. The Hall–Kier alpha value is -1.73. The molecule has 14 heavy (non-hydrogen) atoms. The zero-order valence-corrected chi connectivity index (χ0v) is 6.38. The minimum absolute atomic E-state index is 0.532. The topological polar surface area (TPSA) is 56.0 Å². The Morgan fingerprint density at radius 2 is 2.00 bits per heavy atom. The van der Waals surface area contributed by atoms with Crippen LogP contribution in [-0.4, -0.2) is 9.91 Å². The molecule has 0 unspecified atom stereocenters. The minimum atomic E-state index is -5.03. The number of hydrogen-bond donors (Lipinski definition) is 0. The normalized spacial score (nSPS) is 11.4. The molecule has 0 saturated carbocycles. The summed E-state index contributed by atoms with van der Waals surface area (Å²) in [6.45, 7) is 0. The Morgan fingerprint density at radius 3 is 2.43 bits per heavy atom. The minimum Gasteiger partial charge on any atom is -0.258 e. The molecule has 0 amide bonds.